The molecule has 0 bridgehead atoms. The second-order valence-corrected chi connectivity index (χ2v) is 11.0. The Hall–Kier alpha value is -3.08. The van der Waals surface area contributed by atoms with Crippen LogP contribution in [-0.4, -0.2) is 57.1 Å². The number of azo groups is 1. The maximum Gasteiger partial charge on any atom is 0.242 e. The summed E-state index contributed by atoms with van der Waals surface area (Å²) >= 11 is 0. The summed E-state index contributed by atoms with van der Waals surface area (Å²) in [5.74, 6) is 0.428. The number of para-hydroxylation sites is 1. The van der Waals surface area contributed by atoms with E-state index >= 15 is 0 Å². The number of amidine groups is 1. The quantitative estimate of drug-likeness (QED) is 0.269. The first-order valence-electron chi connectivity index (χ1n) is 10.5. The van der Waals surface area contributed by atoms with Gasteiger partial charge in [-0.25, -0.2) is 36.7 Å². The zero-order valence-electron chi connectivity index (χ0n) is 18.6. The second kappa shape index (κ2) is 9.52. The Kier molecular flexibility index (Phi) is 6.81. The summed E-state index contributed by atoms with van der Waals surface area (Å²) in [4.78, 5) is 10.4. The SMILES string of the molecule is CC[C@H](O)CNS(=O)(=O)c1ccc(-c2cccc3[nH]c(CN)nc23)c(C2=NCN=N2)c1S(N)(=O)=O. The van der Waals surface area contributed by atoms with Crippen molar-refractivity contribution in [2.45, 2.75) is 35.8 Å². The van der Waals surface area contributed by atoms with Gasteiger partial charge in [-0.1, -0.05) is 25.1 Å². The van der Waals surface area contributed by atoms with Crippen LogP contribution in [-0.2, 0) is 26.6 Å². The van der Waals surface area contributed by atoms with Crippen molar-refractivity contribution in [3.05, 3.63) is 41.7 Å². The summed E-state index contributed by atoms with van der Waals surface area (Å²) in [5.41, 5.74) is 7.52. The van der Waals surface area contributed by atoms with Gasteiger partial charge in [0.25, 0.3) is 0 Å². The number of nitrogens with two attached hydrogens (primary N) is 2. The minimum atomic E-state index is -4.62. The number of hydrogen-bond acceptors (Lipinski definition) is 10. The molecule has 1 aliphatic heterocycles. The van der Waals surface area contributed by atoms with Crippen LogP contribution >= 0.6 is 0 Å². The van der Waals surface area contributed by atoms with E-state index in [4.69, 9.17) is 10.9 Å². The molecule has 1 atom stereocenters. The van der Waals surface area contributed by atoms with Gasteiger partial charge in [-0.05, 0) is 24.1 Å². The van der Waals surface area contributed by atoms with Gasteiger partial charge in [0.1, 0.15) is 15.6 Å². The third-order valence-corrected chi connectivity index (χ3v) is 7.98. The fraction of sp³-hybridized carbons (Fsp3) is 0.300. The van der Waals surface area contributed by atoms with E-state index in [-0.39, 0.29) is 31.2 Å². The van der Waals surface area contributed by atoms with Gasteiger partial charge in [0, 0.05) is 12.1 Å². The molecule has 0 saturated carbocycles. The monoisotopic (exact) mass is 520 g/mol. The van der Waals surface area contributed by atoms with E-state index in [1.165, 1.54) is 6.07 Å². The summed E-state index contributed by atoms with van der Waals surface area (Å²) in [7, 11) is -9.03. The molecule has 2 aromatic carbocycles. The number of H-pyrrole nitrogens is 1. The lowest BCUT2D eigenvalue weighted by molar-refractivity contribution is 0.174. The van der Waals surface area contributed by atoms with Crippen molar-refractivity contribution in [1.82, 2.24) is 14.7 Å². The van der Waals surface area contributed by atoms with E-state index in [0.29, 0.717) is 34.4 Å². The highest BCUT2D eigenvalue weighted by Crippen LogP contribution is 2.37. The molecule has 3 aromatic rings. The zero-order valence-corrected chi connectivity index (χ0v) is 20.3. The number of fused-ring (bicyclic) bond motifs is 1. The number of imidazole rings is 1. The number of nitrogens with zero attached hydrogens (tertiary/aromatic N) is 4. The molecule has 7 N–H and O–H groups in total. The Bertz CT molecular complexity index is 1560. The number of aromatic amines is 1. The maximum atomic E-state index is 13.1. The lowest BCUT2D eigenvalue weighted by atomic mass is 9.97. The van der Waals surface area contributed by atoms with Crippen molar-refractivity contribution >= 4 is 36.9 Å². The van der Waals surface area contributed by atoms with Gasteiger partial charge in [0.15, 0.2) is 12.5 Å². The number of aliphatic imine (C=N–C) groups is 1. The normalized spacial score (nSPS) is 15.0. The number of nitrogens with one attached hydrogen (secondary N) is 2. The summed E-state index contributed by atoms with van der Waals surface area (Å²) in [5, 5.41) is 23.1. The smallest absolute Gasteiger partial charge is 0.242 e. The van der Waals surface area contributed by atoms with E-state index in [1.807, 2.05) is 0 Å². The van der Waals surface area contributed by atoms with Gasteiger partial charge in [-0.3, -0.25) is 0 Å². The van der Waals surface area contributed by atoms with Crippen LogP contribution in [0.1, 0.15) is 24.7 Å². The fourth-order valence-electron chi connectivity index (χ4n) is 3.69. The second-order valence-electron chi connectivity index (χ2n) is 7.73. The lowest BCUT2D eigenvalue weighted by Crippen LogP contribution is -2.33. The molecular formula is C20H24N8O5S2. The molecule has 1 aromatic heterocycles. The third kappa shape index (κ3) is 4.86. The van der Waals surface area contributed by atoms with Crippen LogP contribution in [0, 0.1) is 0 Å². The maximum absolute atomic E-state index is 13.1. The molecule has 0 radical (unpaired) electrons. The number of aliphatic hydroxyl groups is 1. The molecule has 0 amide bonds. The molecule has 4 rings (SSSR count). The van der Waals surface area contributed by atoms with E-state index < -0.39 is 35.9 Å². The van der Waals surface area contributed by atoms with Crippen molar-refractivity contribution in [3.8, 4) is 11.1 Å². The lowest BCUT2D eigenvalue weighted by Gasteiger charge is -2.18. The molecule has 0 spiro atoms. The van der Waals surface area contributed by atoms with Crippen LogP contribution in [0.2, 0.25) is 0 Å². The topological polar surface area (TPSA) is 218 Å². The van der Waals surface area contributed by atoms with Crippen molar-refractivity contribution < 1.29 is 21.9 Å². The minimum absolute atomic E-state index is 0.0549. The average molecular weight is 521 g/mol. The van der Waals surface area contributed by atoms with E-state index in [0.717, 1.165) is 6.07 Å². The Balaban J connectivity index is 2.04. The van der Waals surface area contributed by atoms with Crippen LogP contribution in [0.25, 0.3) is 22.2 Å². The van der Waals surface area contributed by atoms with Gasteiger partial charge >= 0.3 is 0 Å². The molecule has 2 heterocycles. The fourth-order valence-corrected chi connectivity index (χ4v) is 6.36. The van der Waals surface area contributed by atoms with Crippen molar-refractivity contribution in [3.63, 3.8) is 0 Å². The molecule has 35 heavy (non-hydrogen) atoms. The first kappa shape index (κ1) is 25.0. The standard InChI is InChI=1S/C20H24N8O5S2/c1-2-11(29)9-25-35(32,33)15-7-6-12(13-4-3-5-14-18(13)27-16(8-21)26-14)17(19(15)34(22,30)31)20-23-10-24-28-20/h3-7,11,25,29H,2,8-10,21H2,1H3,(H,26,27)(H2,22,30,31)/t11-/m0/s1. The highest BCUT2D eigenvalue weighted by atomic mass is 32.2. The number of primary sulfonamides is 1. The summed E-state index contributed by atoms with van der Waals surface area (Å²) in [6.45, 7) is 1.46. The number of aromatic nitrogens is 2. The van der Waals surface area contributed by atoms with Gasteiger partial charge in [-0.15, -0.1) is 5.11 Å². The van der Waals surface area contributed by atoms with Gasteiger partial charge in [0.05, 0.1) is 29.2 Å². The molecular weight excluding hydrogens is 496 g/mol. The summed E-state index contributed by atoms with van der Waals surface area (Å²) < 4.78 is 54.2. The first-order chi connectivity index (χ1) is 16.6. The molecule has 0 unspecified atom stereocenters. The predicted octanol–water partition coefficient (Wildman–Crippen LogP) is 0.555. The van der Waals surface area contributed by atoms with Crippen molar-refractivity contribution in [2.24, 2.45) is 26.1 Å². The molecule has 15 heteroatoms. The Labute approximate surface area is 201 Å². The molecule has 186 valence electrons. The molecule has 13 nitrogen and oxygen atoms in total. The Morgan fingerprint density at radius 1 is 1.17 bits per heavy atom. The zero-order chi connectivity index (χ0) is 25.4. The summed E-state index contributed by atoms with van der Waals surface area (Å²) in [6, 6.07) is 7.79. The highest BCUT2D eigenvalue weighted by molar-refractivity contribution is 7.92. The number of aliphatic hydroxyl groups excluding tert-OH is 1. The highest BCUT2D eigenvalue weighted by Gasteiger charge is 2.33. The number of sulfonamides is 2. The molecule has 0 fully saturated rings. The number of rotatable bonds is 9. The predicted molar refractivity (Wildman–Crippen MR) is 129 cm³/mol. The molecule has 0 saturated heterocycles. The Morgan fingerprint density at radius 2 is 1.94 bits per heavy atom. The third-order valence-electron chi connectivity index (χ3n) is 5.39. The van der Waals surface area contributed by atoms with E-state index in [9.17, 15) is 21.9 Å². The molecule has 0 aliphatic carbocycles. The van der Waals surface area contributed by atoms with Gasteiger partial charge in [0.2, 0.25) is 20.0 Å². The van der Waals surface area contributed by atoms with Gasteiger partial charge < -0.3 is 15.8 Å². The van der Waals surface area contributed by atoms with E-state index in [1.54, 1.807) is 25.1 Å². The summed E-state index contributed by atoms with van der Waals surface area (Å²) in [6.07, 6.45) is -0.659. The number of benzene rings is 2. The van der Waals surface area contributed by atoms with Crippen LogP contribution in [0.4, 0.5) is 0 Å². The largest absolute Gasteiger partial charge is 0.392 e. The van der Waals surface area contributed by atoms with Crippen LogP contribution in [0.15, 0.2) is 55.3 Å². The van der Waals surface area contributed by atoms with Crippen LogP contribution < -0.4 is 15.6 Å². The van der Waals surface area contributed by atoms with Gasteiger partial charge in [-0.2, -0.15) is 5.11 Å². The Morgan fingerprint density at radius 3 is 2.57 bits per heavy atom. The molecule has 1 aliphatic rings. The average Bonchev–Trinajstić information content (AvgIpc) is 3.50. The van der Waals surface area contributed by atoms with Crippen LogP contribution in [0.5, 0.6) is 0 Å². The number of hydrogen-bond donors (Lipinski definition) is 5. The van der Waals surface area contributed by atoms with Crippen LogP contribution in [0.3, 0.4) is 0 Å². The van der Waals surface area contributed by atoms with Crippen molar-refractivity contribution in [2.75, 3.05) is 13.2 Å². The van der Waals surface area contributed by atoms with Crippen molar-refractivity contribution in [1.29, 1.82) is 0 Å². The first-order valence-corrected chi connectivity index (χ1v) is 13.6. The van der Waals surface area contributed by atoms with E-state index in [2.05, 4.69) is 29.9 Å². The minimum Gasteiger partial charge on any atom is -0.392 e.